The largest absolute Gasteiger partial charge is 0.425 e. The van der Waals surface area contributed by atoms with Crippen LogP contribution in [0, 0.1) is 0 Å². The molecule has 0 spiro atoms. The standard InChI is InChI=1S/C24H40O3/c1-2-3-4-5-6-7-8-9-10-11-12-13-14-18-21-23(25)24(26)27-22-19-16-15-17-20-22/h15-17,19-20,23,25H,2-14,18,21H2,1H3. The first-order chi connectivity index (χ1) is 13.2. The Labute approximate surface area is 166 Å². The minimum Gasteiger partial charge on any atom is -0.425 e. The van der Waals surface area contributed by atoms with Gasteiger partial charge in [0.2, 0.25) is 0 Å². The number of rotatable bonds is 17. The van der Waals surface area contributed by atoms with E-state index >= 15 is 0 Å². The molecule has 0 heterocycles. The Kier molecular flexibility index (Phi) is 14.7. The van der Waals surface area contributed by atoms with Crippen molar-refractivity contribution in [1.29, 1.82) is 0 Å². The molecule has 0 radical (unpaired) electrons. The summed E-state index contributed by atoms with van der Waals surface area (Å²) in [4.78, 5) is 11.8. The van der Waals surface area contributed by atoms with Crippen molar-refractivity contribution < 1.29 is 14.6 Å². The topological polar surface area (TPSA) is 46.5 Å². The minimum atomic E-state index is -1.01. The van der Waals surface area contributed by atoms with Gasteiger partial charge in [-0.25, -0.2) is 4.79 Å². The second kappa shape index (κ2) is 16.8. The second-order valence-corrected chi connectivity index (χ2v) is 7.63. The maximum atomic E-state index is 11.8. The molecule has 1 aromatic rings. The highest BCUT2D eigenvalue weighted by Gasteiger charge is 2.16. The summed E-state index contributed by atoms with van der Waals surface area (Å²) in [5.74, 6) is -0.0570. The molecule has 0 aliphatic heterocycles. The number of aliphatic hydroxyl groups excluding tert-OH is 1. The molecule has 1 N–H and O–H groups in total. The lowest BCUT2D eigenvalue weighted by Crippen LogP contribution is -2.25. The first kappa shape index (κ1) is 23.7. The number of aliphatic hydroxyl groups is 1. The molecule has 1 rings (SSSR count). The molecule has 1 aromatic carbocycles. The summed E-state index contributed by atoms with van der Waals surface area (Å²) >= 11 is 0. The van der Waals surface area contributed by atoms with Crippen LogP contribution in [-0.4, -0.2) is 17.2 Å². The van der Waals surface area contributed by atoms with Crippen LogP contribution >= 0.6 is 0 Å². The molecule has 0 bridgehead atoms. The number of unbranched alkanes of at least 4 members (excludes halogenated alkanes) is 13. The van der Waals surface area contributed by atoms with Crippen LogP contribution in [0.25, 0.3) is 0 Å². The predicted octanol–water partition coefficient (Wildman–Crippen LogP) is 6.82. The van der Waals surface area contributed by atoms with Gasteiger partial charge in [0.15, 0.2) is 6.10 Å². The van der Waals surface area contributed by atoms with E-state index in [0.717, 1.165) is 12.8 Å². The van der Waals surface area contributed by atoms with E-state index in [1.165, 1.54) is 77.0 Å². The molecule has 0 aromatic heterocycles. The summed E-state index contributed by atoms with van der Waals surface area (Å²) in [5.41, 5.74) is 0. The number of carbonyl (C=O) groups excluding carboxylic acids is 1. The Hall–Kier alpha value is -1.35. The average molecular weight is 377 g/mol. The Bertz CT molecular complexity index is 458. The molecule has 0 aliphatic carbocycles. The zero-order chi connectivity index (χ0) is 19.6. The SMILES string of the molecule is CCCCCCCCCCCCCCCCC(O)C(=O)Oc1ccccc1. The van der Waals surface area contributed by atoms with Gasteiger partial charge >= 0.3 is 5.97 Å². The van der Waals surface area contributed by atoms with E-state index in [1.807, 2.05) is 18.2 Å². The minimum absolute atomic E-state index is 0.488. The van der Waals surface area contributed by atoms with E-state index < -0.39 is 12.1 Å². The molecule has 0 saturated carbocycles. The molecule has 1 atom stereocenters. The summed E-state index contributed by atoms with van der Waals surface area (Å²) < 4.78 is 5.16. The van der Waals surface area contributed by atoms with Gasteiger partial charge in [0.1, 0.15) is 5.75 Å². The van der Waals surface area contributed by atoms with Crippen molar-refractivity contribution in [3.63, 3.8) is 0 Å². The molecule has 3 nitrogen and oxygen atoms in total. The van der Waals surface area contributed by atoms with Crippen LogP contribution in [0.15, 0.2) is 30.3 Å². The van der Waals surface area contributed by atoms with Crippen LogP contribution in [0.2, 0.25) is 0 Å². The van der Waals surface area contributed by atoms with E-state index in [-0.39, 0.29) is 0 Å². The normalized spacial score (nSPS) is 12.1. The number of hydrogen-bond acceptors (Lipinski definition) is 3. The van der Waals surface area contributed by atoms with E-state index in [2.05, 4.69) is 6.92 Å². The summed E-state index contributed by atoms with van der Waals surface area (Å²) in [7, 11) is 0. The quantitative estimate of drug-likeness (QED) is 0.184. The zero-order valence-corrected chi connectivity index (χ0v) is 17.3. The number of hydrogen-bond donors (Lipinski definition) is 1. The average Bonchev–Trinajstić information content (AvgIpc) is 2.68. The Morgan fingerprint density at radius 1 is 0.778 bits per heavy atom. The molecule has 0 saturated heterocycles. The zero-order valence-electron chi connectivity index (χ0n) is 17.3. The molecule has 1 unspecified atom stereocenters. The molecular formula is C24H40O3. The summed E-state index contributed by atoms with van der Waals surface area (Å²) in [6, 6.07) is 8.92. The Morgan fingerprint density at radius 2 is 1.22 bits per heavy atom. The van der Waals surface area contributed by atoms with Crippen molar-refractivity contribution in [1.82, 2.24) is 0 Å². The van der Waals surface area contributed by atoms with Gasteiger partial charge in [0.25, 0.3) is 0 Å². The summed E-state index contributed by atoms with van der Waals surface area (Å²) in [6.07, 6.45) is 17.7. The van der Waals surface area contributed by atoms with Crippen LogP contribution in [0.1, 0.15) is 103 Å². The van der Waals surface area contributed by atoms with Crippen molar-refractivity contribution in [3.05, 3.63) is 30.3 Å². The highest BCUT2D eigenvalue weighted by atomic mass is 16.5. The van der Waals surface area contributed by atoms with Gasteiger partial charge in [-0.1, -0.05) is 115 Å². The number of benzene rings is 1. The van der Waals surface area contributed by atoms with Crippen molar-refractivity contribution in [2.45, 2.75) is 109 Å². The van der Waals surface area contributed by atoms with Crippen LogP contribution in [0.4, 0.5) is 0 Å². The van der Waals surface area contributed by atoms with Gasteiger partial charge in [0.05, 0.1) is 0 Å². The summed E-state index contributed by atoms with van der Waals surface area (Å²) in [5, 5.41) is 9.90. The number of carbonyl (C=O) groups is 1. The maximum Gasteiger partial charge on any atom is 0.340 e. The van der Waals surface area contributed by atoms with Crippen LogP contribution < -0.4 is 4.74 Å². The van der Waals surface area contributed by atoms with Gasteiger partial charge in [-0.3, -0.25) is 0 Å². The summed E-state index contributed by atoms with van der Waals surface area (Å²) in [6.45, 7) is 2.27. The highest BCUT2D eigenvalue weighted by Crippen LogP contribution is 2.15. The van der Waals surface area contributed by atoms with Crippen LogP contribution in [0.3, 0.4) is 0 Å². The van der Waals surface area contributed by atoms with Crippen LogP contribution in [-0.2, 0) is 4.79 Å². The molecular weight excluding hydrogens is 336 g/mol. The fourth-order valence-electron chi connectivity index (χ4n) is 3.32. The molecule has 0 amide bonds. The van der Waals surface area contributed by atoms with Crippen molar-refractivity contribution in [2.24, 2.45) is 0 Å². The maximum absolute atomic E-state index is 11.8. The second-order valence-electron chi connectivity index (χ2n) is 7.63. The molecule has 0 fully saturated rings. The van der Waals surface area contributed by atoms with Gasteiger partial charge in [-0.05, 0) is 18.6 Å². The van der Waals surface area contributed by atoms with E-state index in [1.54, 1.807) is 12.1 Å². The Balaban J connectivity index is 1.86. The van der Waals surface area contributed by atoms with Gasteiger partial charge < -0.3 is 9.84 Å². The van der Waals surface area contributed by atoms with Crippen molar-refractivity contribution in [2.75, 3.05) is 0 Å². The fraction of sp³-hybridized carbons (Fsp3) is 0.708. The smallest absolute Gasteiger partial charge is 0.340 e. The lowest BCUT2D eigenvalue weighted by molar-refractivity contribution is -0.144. The van der Waals surface area contributed by atoms with Gasteiger partial charge in [0, 0.05) is 0 Å². The first-order valence-corrected chi connectivity index (χ1v) is 11.2. The molecule has 3 heteroatoms. The highest BCUT2D eigenvalue weighted by molar-refractivity contribution is 5.76. The monoisotopic (exact) mass is 376 g/mol. The third kappa shape index (κ3) is 13.5. The molecule has 0 aliphatic rings. The molecule has 27 heavy (non-hydrogen) atoms. The van der Waals surface area contributed by atoms with Crippen molar-refractivity contribution in [3.8, 4) is 5.75 Å². The van der Waals surface area contributed by atoms with E-state index in [9.17, 15) is 9.90 Å². The number of para-hydroxylation sites is 1. The fourth-order valence-corrected chi connectivity index (χ4v) is 3.32. The number of ether oxygens (including phenoxy) is 1. The Morgan fingerprint density at radius 3 is 1.70 bits per heavy atom. The van der Waals surface area contributed by atoms with Crippen LogP contribution in [0.5, 0.6) is 5.75 Å². The third-order valence-electron chi connectivity index (χ3n) is 5.06. The van der Waals surface area contributed by atoms with Gasteiger partial charge in [-0.2, -0.15) is 0 Å². The predicted molar refractivity (Wildman–Crippen MR) is 113 cm³/mol. The third-order valence-corrected chi connectivity index (χ3v) is 5.06. The van der Waals surface area contributed by atoms with E-state index in [4.69, 9.17) is 4.74 Å². The lowest BCUT2D eigenvalue weighted by Gasteiger charge is -2.10. The lowest BCUT2D eigenvalue weighted by atomic mass is 10.0. The van der Waals surface area contributed by atoms with E-state index in [0.29, 0.717) is 12.2 Å². The molecule has 154 valence electrons. The van der Waals surface area contributed by atoms with Crippen molar-refractivity contribution >= 4 is 5.97 Å². The number of esters is 1. The first-order valence-electron chi connectivity index (χ1n) is 11.2. The van der Waals surface area contributed by atoms with Gasteiger partial charge in [-0.15, -0.1) is 0 Å².